The van der Waals surface area contributed by atoms with Crippen molar-refractivity contribution in [3.63, 3.8) is 0 Å². The summed E-state index contributed by atoms with van der Waals surface area (Å²) in [6.07, 6.45) is -0.159. The van der Waals surface area contributed by atoms with E-state index in [0.717, 1.165) is 0 Å². The van der Waals surface area contributed by atoms with E-state index in [4.69, 9.17) is 17.3 Å². The molecule has 2 unspecified atom stereocenters. The van der Waals surface area contributed by atoms with Crippen LogP contribution in [0.1, 0.15) is 21.5 Å². The molecule has 2 aromatic rings. The molecule has 0 saturated heterocycles. The highest BCUT2D eigenvalue weighted by Crippen LogP contribution is 2.54. The minimum atomic E-state index is -3.06. The summed E-state index contributed by atoms with van der Waals surface area (Å²) in [5, 5.41) is 34.7. The predicted octanol–water partition coefficient (Wildman–Crippen LogP) is 0.489. The van der Waals surface area contributed by atoms with Gasteiger partial charge < -0.3 is 21.1 Å². The normalized spacial score (nSPS) is 33.1. The number of fused-ring (bicyclic) bond motifs is 3. The molecule has 2 aromatic carbocycles. The van der Waals surface area contributed by atoms with Crippen molar-refractivity contribution >= 4 is 52.3 Å². The van der Waals surface area contributed by atoms with Gasteiger partial charge in [0.1, 0.15) is 5.75 Å². The quantitative estimate of drug-likeness (QED) is 0.395. The number of halogens is 1. The Labute approximate surface area is 227 Å². The van der Waals surface area contributed by atoms with Crippen LogP contribution >= 0.6 is 11.6 Å². The zero-order chi connectivity index (χ0) is 28.5. The fourth-order valence-corrected chi connectivity index (χ4v) is 6.53. The van der Waals surface area contributed by atoms with Crippen LogP contribution in [0.2, 0.25) is 5.02 Å². The summed E-state index contributed by atoms with van der Waals surface area (Å²) in [6.45, 7) is 0. The predicted molar refractivity (Wildman–Crippen MR) is 138 cm³/mol. The molecule has 1 amide bonds. The van der Waals surface area contributed by atoms with Crippen molar-refractivity contribution in [2.45, 2.75) is 17.7 Å². The van der Waals surface area contributed by atoms with E-state index in [9.17, 15) is 39.3 Å². The summed E-state index contributed by atoms with van der Waals surface area (Å²) < 4.78 is 0. The Morgan fingerprint density at radius 3 is 2.28 bits per heavy atom. The summed E-state index contributed by atoms with van der Waals surface area (Å²) in [5.74, 6) is -13.3. The van der Waals surface area contributed by atoms with Crippen molar-refractivity contribution in [2.24, 2.45) is 29.4 Å². The molecule has 0 aliphatic heterocycles. The van der Waals surface area contributed by atoms with Gasteiger partial charge in [-0.1, -0.05) is 41.9 Å². The van der Waals surface area contributed by atoms with E-state index in [1.807, 2.05) is 0 Å². The monoisotopic (exact) mass is 552 g/mol. The van der Waals surface area contributed by atoms with Gasteiger partial charge in [-0.15, -0.1) is 0 Å². The number of phenols is 1. The Kier molecular flexibility index (Phi) is 6.34. The number of likely N-dealkylation sites (N-methyl/N-ethyl adjacent to an activating group) is 1. The fraction of sp³-hybridized carbons (Fsp3) is 0.321. The smallest absolute Gasteiger partial charge is 0.235 e. The third-order valence-corrected chi connectivity index (χ3v) is 8.32. The van der Waals surface area contributed by atoms with Crippen LogP contribution in [0.25, 0.3) is 11.6 Å². The summed E-state index contributed by atoms with van der Waals surface area (Å²) in [7, 11) is 2.87. The van der Waals surface area contributed by atoms with Gasteiger partial charge in [0.2, 0.25) is 5.91 Å². The molecular weight excluding hydrogens is 528 g/mol. The van der Waals surface area contributed by atoms with Gasteiger partial charge in [0.25, 0.3) is 0 Å². The average Bonchev–Trinajstić information content (AvgIpc) is 2.86. The van der Waals surface area contributed by atoms with Gasteiger partial charge in [0.15, 0.2) is 34.7 Å². The van der Waals surface area contributed by atoms with Crippen molar-refractivity contribution in [3.8, 4) is 5.75 Å². The van der Waals surface area contributed by atoms with E-state index >= 15 is 0 Å². The van der Waals surface area contributed by atoms with Gasteiger partial charge in [-0.3, -0.25) is 28.9 Å². The zero-order valence-electron chi connectivity index (χ0n) is 20.9. The van der Waals surface area contributed by atoms with Crippen molar-refractivity contribution in [1.82, 2.24) is 4.90 Å². The lowest BCUT2D eigenvalue weighted by molar-refractivity contribution is -0.192. The van der Waals surface area contributed by atoms with E-state index in [0.29, 0.717) is 10.6 Å². The number of benzene rings is 2. The van der Waals surface area contributed by atoms with Crippen LogP contribution in [0, 0.1) is 23.7 Å². The SMILES string of the molecule is CN(C)[C@@H]1C(=O)C(C(N)=O)C(=O)[C@@]2(O)C(=O)C3C(=O)c4c(O)cccc4/C(=C\c4ccc(Cl)cc4)[C@H]3[C@H](O)[C@@H]12. The fourth-order valence-electron chi connectivity index (χ4n) is 6.41. The topological polar surface area (TPSA) is 175 Å². The molecule has 5 rings (SSSR count). The molecule has 202 valence electrons. The van der Waals surface area contributed by atoms with Crippen molar-refractivity contribution < 1.29 is 39.3 Å². The summed E-state index contributed by atoms with van der Waals surface area (Å²) in [6, 6.07) is 9.43. The number of carbonyl (C=O) groups is 5. The number of ketones is 4. The number of Topliss-reactive ketones (excluding diaryl/α,β-unsaturated/α-hetero) is 4. The van der Waals surface area contributed by atoms with Crippen molar-refractivity contribution in [2.75, 3.05) is 14.1 Å². The molecule has 7 atom stereocenters. The standard InChI is InChI=1S/C28H25ClN2O8/c1-31(2)21-20-23(34)17-14(10-11-6-8-12(29)9-7-11)13-4-3-5-15(32)16(13)22(33)18(17)25(36)28(20,39)26(37)19(24(21)35)27(30)38/h3-10,17-21,23,32,34,39H,1-2H3,(H2,30,38)/b14-10+/t17-,18?,19?,20-,21+,23+,28+/m1/s1. The second-order valence-electron chi connectivity index (χ2n) is 10.4. The third kappa shape index (κ3) is 3.70. The van der Waals surface area contributed by atoms with Gasteiger partial charge in [-0.25, -0.2) is 0 Å². The van der Waals surface area contributed by atoms with E-state index in [1.54, 1.807) is 36.4 Å². The molecule has 2 fully saturated rings. The van der Waals surface area contributed by atoms with Crippen molar-refractivity contribution in [1.29, 1.82) is 0 Å². The lowest BCUT2D eigenvalue weighted by Gasteiger charge is -2.55. The highest BCUT2D eigenvalue weighted by atomic mass is 35.5. The molecule has 2 saturated carbocycles. The largest absolute Gasteiger partial charge is 0.507 e. The number of primary amides is 1. The van der Waals surface area contributed by atoms with E-state index in [-0.39, 0.29) is 16.7 Å². The maximum Gasteiger partial charge on any atom is 0.235 e. The maximum absolute atomic E-state index is 14.1. The number of aliphatic hydroxyl groups excluding tert-OH is 1. The van der Waals surface area contributed by atoms with Crippen LogP contribution in [-0.4, -0.2) is 81.1 Å². The minimum absolute atomic E-state index is 0.212. The first-order valence-corrected chi connectivity index (χ1v) is 12.5. The van der Waals surface area contributed by atoms with Crippen LogP contribution in [0.4, 0.5) is 0 Å². The second kappa shape index (κ2) is 9.20. The Bertz CT molecular complexity index is 1480. The van der Waals surface area contributed by atoms with Crippen LogP contribution < -0.4 is 5.73 Å². The number of aliphatic hydroxyl groups is 2. The van der Waals surface area contributed by atoms with E-state index in [1.165, 1.54) is 31.1 Å². The van der Waals surface area contributed by atoms with E-state index in [2.05, 4.69) is 0 Å². The summed E-state index contributed by atoms with van der Waals surface area (Å²) in [4.78, 5) is 68.0. The number of hydrogen-bond donors (Lipinski definition) is 4. The lowest BCUT2D eigenvalue weighted by Crippen LogP contribution is -2.77. The Balaban J connectivity index is 1.79. The molecular formula is C28H25ClN2O8. The first-order chi connectivity index (χ1) is 18.3. The number of rotatable bonds is 3. The Hall–Kier alpha value is -3.70. The van der Waals surface area contributed by atoms with Crippen LogP contribution in [0.3, 0.4) is 0 Å². The molecule has 10 nitrogen and oxygen atoms in total. The lowest BCUT2D eigenvalue weighted by atomic mass is 9.50. The van der Waals surface area contributed by atoms with Crippen LogP contribution in [0.15, 0.2) is 42.5 Å². The first-order valence-electron chi connectivity index (χ1n) is 12.1. The summed E-state index contributed by atoms with van der Waals surface area (Å²) in [5.41, 5.74) is 3.17. The Morgan fingerprint density at radius 1 is 1.05 bits per heavy atom. The highest BCUT2D eigenvalue weighted by Gasteiger charge is 2.72. The molecule has 0 bridgehead atoms. The maximum atomic E-state index is 14.1. The number of nitrogens with zero attached hydrogens (tertiary/aromatic N) is 1. The number of nitrogens with two attached hydrogens (primary N) is 1. The zero-order valence-corrected chi connectivity index (χ0v) is 21.6. The molecule has 0 heterocycles. The first kappa shape index (κ1) is 26.9. The second-order valence-corrected chi connectivity index (χ2v) is 10.8. The van der Waals surface area contributed by atoms with Crippen LogP contribution in [0.5, 0.6) is 5.75 Å². The molecule has 5 N–H and O–H groups in total. The Morgan fingerprint density at radius 2 is 1.69 bits per heavy atom. The third-order valence-electron chi connectivity index (χ3n) is 8.06. The average molecular weight is 553 g/mol. The molecule has 0 radical (unpaired) electrons. The number of aromatic hydroxyl groups is 1. The molecule has 3 aliphatic rings. The van der Waals surface area contributed by atoms with Gasteiger partial charge in [0.05, 0.1) is 29.5 Å². The van der Waals surface area contributed by atoms with Crippen LogP contribution in [-0.2, 0) is 19.2 Å². The number of carbonyl (C=O) groups excluding carboxylic acids is 5. The minimum Gasteiger partial charge on any atom is -0.507 e. The van der Waals surface area contributed by atoms with Gasteiger partial charge in [0, 0.05) is 10.9 Å². The molecule has 3 aliphatic carbocycles. The summed E-state index contributed by atoms with van der Waals surface area (Å²) >= 11 is 6.01. The molecule has 11 heteroatoms. The van der Waals surface area contributed by atoms with Gasteiger partial charge in [-0.05, 0) is 49.0 Å². The van der Waals surface area contributed by atoms with Gasteiger partial charge >= 0.3 is 0 Å². The van der Waals surface area contributed by atoms with E-state index < -0.39 is 76.2 Å². The number of amides is 1. The van der Waals surface area contributed by atoms with Gasteiger partial charge in [-0.2, -0.15) is 0 Å². The molecule has 0 aromatic heterocycles. The molecule has 0 spiro atoms. The number of phenolic OH excluding ortho intramolecular Hbond substituents is 1. The molecule has 39 heavy (non-hydrogen) atoms. The number of hydrogen-bond acceptors (Lipinski definition) is 9. The highest BCUT2D eigenvalue weighted by molar-refractivity contribution is 6.33. The van der Waals surface area contributed by atoms with Crippen molar-refractivity contribution in [3.05, 3.63) is 64.2 Å².